The van der Waals surface area contributed by atoms with E-state index in [-0.39, 0.29) is 0 Å². The molecule has 90 valence electrons. The van der Waals surface area contributed by atoms with Crippen LogP contribution in [0, 0.1) is 0 Å². The lowest BCUT2D eigenvalue weighted by molar-refractivity contribution is 0.712. The van der Waals surface area contributed by atoms with Gasteiger partial charge < -0.3 is 10.6 Å². The number of nitrogens with zero attached hydrogens (tertiary/aromatic N) is 1. The molecule has 0 amide bonds. The molecule has 1 heterocycles. The van der Waals surface area contributed by atoms with Crippen molar-refractivity contribution in [3.05, 3.63) is 36.0 Å². The average Bonchev–Trinajstić information content (AvgIpc) is 2.37. The Morgan fingerprint density at radius 3 is 2.71 bits per heavy atom. The number of pyridine rings is 1. The van der Waals surface area contributed by atoms with Crippen LogP contribution in [0.5, 0.6) is 0 Å². The first-order valence-electron chi connectivity index (χ1n) is 6.18. The van der Waals surface area contributed by atoms with Crippen molar-refractivity contribution in [2.75, 3.05) is 18.4 Å². The summed E-state index contributed by atoms with van der Waals surface area (Å²) in [7, 11) is 0. The fraction of sp³-hybridized carbons (Fsp3) is 0.357. The van der Waals surface area contributed by atoms with Crippen molar-refractivity contribution in [3.63, 3.8) is 0 Å². The van der Waals surface area contributed by atoms with E-state index in [0.717, 1.165) is 31.1 Å². The number of hydrogen-bond donors (Lipinski definition) is 2. The highest BCUT2D eigenvalue weighted by Gasteiger charge is 2.04. The minimum Gasteiger partial charge on any atom is -0.370 e. The molecule has 0 radical (unpaired) electrons. The van der Waals surface area contributed by atoms with Crippen molar-refractivity contribution in [1.82, 2.24) is 10.3 Å². The van der Waals surface area contributed by atoms with E-state index in [4.69, 9.17) is 0 Å². The molecule has 3 heteroatoms. The molecule has 1 aromatic heterocycles. The molecule has 1 aromatic carbocycles. The Labute approximate surface area is 102 Å². The fourth-order valence-electron chi connectivity index (χ4n) is 1.90. The van der Waals surface area contributed by atoms with E-state index in [1.54, 1.807) is 0 Å². The highest BCUT2D eigenvalue weighted by atomic mass is 15.0. The Morgan fingerprint density at radius 1 is 1.12 bits per heavy atom. The first-order valence-corrected chi connectivity index (χ1v) is 6.18. The molecule has 17 heavy (non-hydrogen) atoms. The monoisotopic (exact) mass is 229 g/mol. The number of nitrogens with one attached hydrogen (secondary N) is 2. The van der Waals surface area contributed by atoms with Gasteiger partial charge in [-0.2, -0.15) is 0 Å². The summed E-state index contributed by atoms with van der Waals surface area (Å²) in [6.07, 6.45) is 0. The summed E-state index contributed by atoms with van der Waals surface area (Å²) in [4.78, 5) is 4.65. The molecular weight excluding hydrogens is 210 g/mol. The highest BCUT2D eigenvalue weighted by molar-refractivity contribution is 5.92. The quantitative estimate of drug-likeness (QED) is 0.827. The lowest BCUT2D eigenvalue weighted by Gasteiger charge is -2.10. The largest absolute Gasteiger partial charge is 0.370 e. The molecule has 0 unspecified atom stereocenters. The number of rotatable bonds is 5. The van der Waals surface area contributed by atoms with Crippen LogP contribution in [-0.4, -0.2) is 18.1 Å². The standard InChI is InChI=1S/C14H19N3/c1-3-15-10-12-9-11-7-5-6-8-13(11)14(17-12)16-4-2/h5-9,15H,3-4,10H2,1-2H3,(H,16,17). The van der Waals surface area contributed by atoms with Crippen molar-refractivity contribution in [2.24, 2.45) is 0 Å². The summed E-state index contributed by atoms with van der Waals surface area (Å²) in [6, 6.07) is 10.5. The van der Waals surface area contributed by atoms with Gasteiger partial charge in [0.25, 0.3) is 0 Å². The van der Waals surface area contributed by atoms with Crippen molar-refractivity contribution >= 4 is 16.6 Å². The number of anilines is 1. The van der Waals surface area contributed by atoms with E-state index < -0.39 is 0 Å². The summed E-state index contributed by atoms with van der Waals surface area (Å²) in [5.74, 6) is 0.985. The molecule has 0 saturated heterocycles. The Bertz CT molecular complexity index is 494. The molecule has 3 nitrogen and oxygen atoms in total. The van der Waals surface area contributed by atoms with Gasteiger partial charge in [0.15, 0.2) is 0 Å². The van der Waals surface area contributed by atoms with Crippen LogP contribution in [0.2, 0.25) is 0 Å². The topological polar surface area (TPSA) is 37.0 Å². The number of hydrogen-bond acceptors (Lipinski definition) is 3. The smallest absolute Gasteiger partial charge is 0.134 e. The van der Waals surface area contributed by atoms with Crippen LogP contribution in [0.4, 0.5) is 5.82 Å². The third-order valence-corrected chi connectivity index (χ3v) is 2.69. The summed E-state index contributed by atoms with van der Waals surface area (Å²) in [5, 5.41) is 9.07. The van der Waals surface area contributed by atoms with E-state index >= 15 is 0 Å². The summed E-state index contributed by atoms with van der Waals surface area (Å²) < 4.78 is 0. The SMILES string of the molecule is CCNCc1cc2ccccc2c(NCC)n1. The maximum absolute atomic E-state index is 4.65. The molecule has 0 fully saturated rings. The van der Waals surface area contributed by atoms with Gasteiger partial charge in [-0.3, -0.25) is 0 Å². The normalized spacial score (nSPS) is 10.7. The molecule has 0 aliphatic rings. The third kappa shape index (κ3) is 2.74. The molecule has 0 atom stereocenters. The van der Waals surface area contributed by atoms with E-state index in [9.17, 15) is 0 Å². The molecule has 2 rings (SSSR count). The second kappa shape index (κ2) is 5.64. The second-order valence-corrected chi connectivity index (χ2v) is 3.99. The Kier molecular flexibility index (Phi) is 3.94. The van der Waals surface area contributed by atoms with Gasteiger partial charge in [-0.1, -0.05) is 31.2 Å². The number of benzene rings is 1. The van der Waals surface area contributed by atoms with Crippen LogP contribution in [0.1, 0.15) is 19.5 Å². The molecule has 0 bridgehead atoms. The number of fused-ring (bicyclic) bond motifs is 1. The van der Waals surface area contributed by atoms with Crippen LogP contribution < -0.4 is 10.6 Å². The van der Waals surface area contributed by atoms with Gasteiger partial charge >= 0.3 is 0 Å². The molecular formula is C14H19N3. The third-order valence-electron chi connectivity index (χ3n) is 2.69. The number of aromatic nitrogens is 1. The Morgan fingerprint density at radius 2 is 1.94 bits per heavy atom. The van der Waals surface area contributed by atoms with E-state index in [1.165, 1.54) is 10.8 Å². The molecule has 2 aromatic rings. The summed E-state index contributed by atoms with van der Waals surface area (Å²) >= 11 is 0. The first-order chi connectivity index (χ1) is 8.35. The zero-order valence-electron chi connectivity index (χ0n) is 10.5. The Hall–Kier alpha value is -1.61. The van der Waals surface area contributed by atoms with E-state index in [0.29, 0.717) is 0 Å². The predicted molar refractivity (Wildman–Crippen MR) is 73.3 cm³/mol. The second-order valence-electron chi connectivity index (χ2n) is 3.99. The van der Waals surface area contributed by atoms with Gasteiger partial charge in [0.2, 0.25) is 0 Å². The van der Waals surface area contributed by atoms with E-state index in [2.05, 4.69) is 59.8 Å². The maximum Gasteiger partial charge on any atom is 0.134 e. The van der Waals surface area contributed by atoms with Gasteiger partial charge in [0, 0.05) is 18.5 Å². The molecule has 0 aliphatic heterocycles. The van der Waals surface area contributed by atoms with Gasteiger partial charge in [-0.05, 0) is 24.9 Å². The lowest BCUT2D eigenvalue weighted by Crippen LogP contribution is -2.13. The minimum atomic E-state index is 0.819. The van der Waals surface area contributed by atoms with Gasteiger partial charge in [0.05, 0.1) is 5.69 Å². The molecule has 2 N–H and O–H groups in total. The summed E-state index contributed by atoms with van der Waals surface area (Å²) in [6.45, 7) is 6.87. The molecule has 0 spiro atoms. The maximum atomic E-state index is 4.65. The van der Waals surface area contributed by atoms with E-state index in [1.807, 2.05) is 0 Å². The lowest BCUT2D eigenvalue weighted by atomic mass is 10.1. The zero-order valence-corrected chi connectivity index (χ0v) is 10.5. The summed E-state index contributed by atoms with van der Waals surface area (Å²) in [5.41, 5.74) is 1.08. The van der Waals surface area contributed by atoms with Crippen LogP contribution in [0.3, 0.4) is 0 Å². The molecule has 0 aliphatic carbocycles. The van der Waals surface area contributed by atoms with Crippen LogP contribution in [0.15, 0.2) is 30.3 Å². The average molecular weight is 229 g/mol. The van der Waals surface area contributed by atoms with Crippen LogP contribution in [0.25, 0.3) is 10.8 Å². The fourth-order valence-corrected chi connectivity index (χ4v) is 1.90. The zero-order chi connectivity index (χ0) is 12.1. The van der Waals surface area contributed by atoms with Crippen LogP contribution in [-0.2, 0) is 6.54 Å². The first kappa shape index (κ1) is 11.9. The molecule has 0 saturated carbocycles. The highest BCUT2D eigenvalue weighted by Crippen LogP contribution is 2.22. The van der Waals surface area contributed by atoms with Crippen molar-refractivity contribution < 1.29 is 0 Å². The predicted octanol–water partition coefficient (Wildman–Crippen LogP) is 2.78. The Balaban J connectivity index is 2.43. The van der Waals surface area contributed by atoms with Crippen molar-refractivity contribution in [3.8, 4) is 0 Å². The van der Waals surface area contributed by atoms with Crippen molar-refractivity contribution in [2.45, 2.75) is 20.4 Å². The van der Waals surface area contributed by atoms with Crippen LogP contribution >= 0.6 is 0 Å². The van der Waals surface area contributed by atoms with Crippen molar-refractivity contribution in [1.29, 1.82) is 0 Å². The van der Waals surface area contributed by atoms with Gasteiger partial charge in [-0.25, -0.2) is 4.98 Å². The van der Waals surface area contributed by atoms with Gasteiger partial charge in [0.1, 0.15) is 5.82 Å². The van der Waals surface area contributed by atoms with Gasteiger partial charge in [-0.15, -0.1) is 0 Å². The minimum absolute atomic E-state index is 0.819.